The van der Waals surface area contributed by atoms with Crippen LogP contribution in [0.15, 0.2) is 48.0 Å². The number of esters is 1. The number of amides is 4. The number of hydrogen-bond acceptors (Lipinski definition) is 7. The Bertz CT molecular complexity index is 1090. The molecule has 152 valence electrons. The van der Waals surface area contributed by atoms with Gasteiger partial charge in [-0.1, -0.05) is 6.07 Å². The third-order valence-corrected chi connectivity index (χ3v) is 4.45. The number of fused-ring (bicyclic) bond motifs is 1. The van der Waals surface area contributed by atoms with E-state index in [4.69, 9.17) is 14.2 Å². The summed E-state index contributed by atoms with van der Waals surface area (Å²) >= 11 is 0. The van der Waals surface area contributed by atoms with Crippen LogP contribution >= 0.6 is 0 Å². The van der Waals surface area contributed by atoms with Crippen LogP contribution in [0.25, 0.3) is 6.08 Å². The first kappa shape index (κ1) is 19.2. The number of urea groups is 1. The molecule has 0 unspecified atom stereocenters. The molecule has 2 heterocycles. The third-order valence-electron chi connectivity index (χ3n) is 4.45. The first-order valence-electron chi connectivity index (χ1n) is 9.06. The van der Waals surface area contributed by atoms with E-state index in [1.165, 1.54) is 30.3 Å². The van der Waals surface area contributed by atoms with Gasteiger partial charge < -0.3 is 14.2 Å². The summed E-state index contributed by atoms with van der Waals surface area (Å²) < 4.78 is 15.5. The van der Waals surface area contributed by atoms with E-state index in [0.717, 1.165) is 4.90 Å². The molecule has 9 heteroatoms. The number of barbiturate groups is 1. The van der Waals surface area contributed by atoms with Crippen molar-refractivity contribution in [3.05, 3.63) is 59.2 Å². The Kier molecular flexibility index (Phi) is 4.93. The fourth-order valence-electron chi connectivity index (χ4n) is 3.02. The number of nitrogens with zero attached hydrogens (tertiary/aromatic N) is 1. The van der Waals surface area contributed by atoms with Crippen molar-refractivity contribution in [3.63, 3.8) is 0 Å². The molecule has 0 spiro atoms. The first-order chi connectivity index (χ1) is 14.5. The first-order valence-corrected chi connectivity index (χ1v) is 9.06. The Morgan fingerprint density at radius 2 is 1.83 bits per heavy atom. The van der Waals surface area contributed by atoms with Crippen molar-refractivity contribution in [3.8, 4) is 11.5 Å². The Balaban J connectivity index is 1.63. The summed E-state index contributed by atoms with van der Waals surface area (Å²) in [6.07, 6.45) is 1.37. The normalized spacial score (nSPS) is 16.6. The van der Waals surface area contributed by atoms with Gasteiger partial charge in [-0.05, 0) is 55.0 Å². The molecule has 2 aromatic carbocycles. The second-order valence-electron chi connectivity index (χ2n) is 6.34. The number of imide groups is 2. The fraction of sp³-hybridized carbons (Fsp3) is 0.143. The Labute approximate surface area is 170 Å². The molecule has 4 amide bonds. The van der Waals surface area contributed by atoms with Crippen molar-refractivity contribution < 1.29 is 33.4 Å². The standard InChI is InChI=1S/C21H16N2O7/c1-2-28-20(26)13-4-6-14(7-5-13)23-19(25)15(18(24)22-21(23)27)9-12-3-8-16-17(10-12)30-11-29-16/h3-10H,2,11H2,1H3,(H,22,24,27). The van der Waals surface area contributed by atoms with Gasteiger partial charge in [0.2, 0.25) is 6.79 Å². The minimum Gasteiger partial charge on any atom is -0.462 e. The molecule has 0 aliphatic carbocycles. The minimum absolute atomic E-state index is 0.0961. The predicted octanol–water partition coefficient (Wildman–Crippen LogP) is 2.26. The lowest BCUT2D eigenvalue weighted by Gasteiger charge is -2.26. The summed E-state index contributed by atoms with van der Waals surface area (Å²) in [5.41, 5.74) is 0.792. The molecule has 4 rings (SSSR count). The Hall–Kier alpha value is -4.14. The van der Waals surface area contributed by atoms with Gasteiger partial charge in [-0.25, -0.2) is 14.5 Å². The highest BCUT2D eigenvalue weighted by molar-refractivity contribution is 6.39. The molecule has 0 atom stereocenters. The van der Waals surface area contributed by atoms with Crippen LogP contribution in [0.2, 0.25) is 0 Å². The van der Waals surface area contributed by atoms with E-state index in [-0.39, 0.29) is 30.2 Å². The summed E-state index contributed by atoms with van der Waals surface area (Å²) in [5, 5.41) is 2.15. The van der Waals surface area contributed by atoms with E-state index < -0.39 is 23.8 Å². The maximum atomic E-state index is 12.9. The van der Waals surface area contributed by atoms with Crippen molar-refractivity contribution in [1.29, 1.82) is 0 Å². The quantitative estimate of drug-likeness (QED) is 0.469. The van der Waals surface area contributed by atoms with Gasteiger partial charge in [0, 0.05) is 0 Å². The van der Waals surface area contributed by atoms with Gasteiger partial charge >= 0.3 is 12.0 Å². The van der Waals surface area contributed by atoms with Crippen molar-refractivity contribution in [2.24, 2.45) is 0 Å². The van der Waals surface area contributed by atoms with Crippen molar-refractivity contribution in [2.75, 3.05) is 18.3 Å². The molecule has 30 heavy (non-hydrogen) atoms. The van der Waals surface area contributed by atoms with Crippen molar-refractivity contribution in [2.45, 2.75) is 6.92 Å². The number of nitrogens with one attached hydrogen (secondary N) is 1. The van der Waals surface area contributed by atoms with E-state index >= 15 is 0 Å². The molecule has 1 saturated heterocycles. The lowest BCUT2D eigenvalue weighted by molar-refractivity contribution is -0.122. The molecule has 0 bridgehead atoms. The molecule has 0 radical (unpaired) electrons. The monoisotopic (exact) mass is 408 g/mol. The lowest BCUT2D eigenvalue weighted by Crippen LogP contribution is -2.54. The molecular formula is C21H16N2O7. The number of carbonyl (C=O) groups is 4. The van der Waals surface area contributed by atoms with Crippen molar-refractivity contribution in [1.82, 2.24) is 5.32 Å². The zero-order valence-corrected chi connectivity index (χ0v) is 15.8. The largest absolute Gasteiger partial charge is 0.462 e. The Morgan fingerprint density at radius 3 is 2.57 bits per heavy atom. The maximum Gasteiger partial charge on any atom is 0.338 e. The van der Waals surface area contributed by atoms with Crippen LogP contribution in [0.5, 0.6) is 11.5 Å². The SMILES string of the molecule is CCOC(=O)c1ccc(N2C(=O)NC(=O)C(=Cc3ccc4c(c3)OCO4)C2=O)cc1. The zero-order chi connectivity index (χ0) is 21.3. The van der Waals surface area contributed by atoms with E-state index in [2.05, 4.69) is 5.32 Å². The summed E-state index contributed by atoms with van der Waals surface area (Å²) in [6, 6.07) is 9.81. The average Bonchev–Trinajstić information content (AvgIpc) is 3.19. The molecule has 9 nitrogen and oxygen atoms in total. The summed E-state index contributed by atoms with van der Waals surface area (Å²) in [4.78, 5) is 50.1. The van der Waals surface area contributed by atoms with Crippen LogP contribution in [0.3, 0.4) is 0 Å². The molecule has 2 aliphatic rings. The average molecular weight is 408 g/mol. The Morgan fingerprint density at radius 1 is 1.10 bits per heavy atom. The highest BCUT2D eigenvalue weighted by Crippen LogP contribution is 2.33. The van der Waals surface area contributed by atoms with Crippen LogP contribution in [0, 0.1) is 0 Å². The molecule has 0 aromatic heterocycles. The van der Waals surface area contributed by atoms with Gasteiger partial charge in [-0.2, -0.15) is 0 Å². The lowest BCUT2D eigenvalue weighted by atomic mass is 10.1. The van der Waals surface area contributed by atoms with Crippen LogP contribution in [0.4, 0.5) is 10.5 Å². The molecule has 1 fully saturated rings. The predicted molar refractivity (Wildman–Crippen MR) is 104 cm³/mol. The fourth-order valence-corrected chi connectivity index (χ4v) is 3.02. The van der Waals surface area contributed by atoms with Gasteiger partial charge in [-0.3, -0.25) is 14.9 Å². The molecular weight excluding hydrogens is 392 g/mol. The summed E-state index contributed by atoms with van der Waals surface area (Å²) in [5.74, 6) is -1.05. The number of benzene rings is 2. The molecule has 2 aliphatic heterocycles. The second kappa shape index (κ2) is 7.70. The molecule has 0 saturated carbocycles. The number of carbonyl (C=O) groups excluding carboxylic acids is 4. The van der Waals surface area contributed by atoms with E-state index in [9.17, 15) is 19.2 Å². The van der Waals surface area contributed by atoms with Crippen LogP contribution < -0.4 is 19.7 Å². The van der Waals surface area contributed by atoms with Crippen LogP contribution in [-0.2, 0) is 14.3 Å². The number of hydrogen-bond donors (Lipinski definition) is 1. The summed E-state index contributed by atoms with van der Waals surface area (Å²) in [6.45, 7) is 2.01. The zero-order valence-electron chi connectivity index (χ0n) is 15.8. The van der Waals surface area contributed by atoms with E-state index in [1.807, 2.05) is 0 Å². The topological polar surface area (TPSA) is 111 Å². The van der Waals surface area contributed by atoms with Gasteiger partial charge in [0.15, 0.2) is 11.5 Å². The molecule has 2 aromatic rings. The minimum atomic E-state index is -0.878. The number of rotatable bonds is 4. The van der Waals surface area contributed by atoms with Crippen LogP contribution in [0.1, 0.15) is 22.8 Å². The van der Waals surface area contributed by atoms with Gasteiger partial charge in [0.05, 0.1) is 17.9 Å². The highest BCUT2D eigenvalue weighted by atomic mass is 16.7. The maximum absolute atomic E-state index is 12.9. The second-order valence-corrected chi connectivity index (χ2v) is 6.34. The van der Waals surface area contributed by atoms with Gasteiger partial charge in [0.25, 0.3) is 11.8 Å². The van der Waals surface area contributed by atoms with Crippen LogP contribution in [-0.4, -0.2) is 37.2 Å². The summed E-state index contributed by atoms with van der Waals surface area (Å²) in [7, 11) is 0. The van der Waals surface area contributed by atoms with Gasteiger partial charge in [0.1, 0.15) is 5.57 Å². The number of anilines is 1. The van der Waals surface area contributed by atoms with E-state index in [0.29, 0.717) is 17.1 Å². The highest BCUT2D eigenvalue weighted by Gasteiger charge is 2.37. The smallest absolute Gasteiger partial charge is 0.338 e. The van der Waals surface area contributed by atoms with Crippen molar-refractivity contribution >= 4 is 35.6 Å². The number of ether oxygens (including phenoxy) is 3. The third kappa shape index (κ3) is 3.48. The molecule has 1 N–H and O–H groups in total. The van der Waals surface area contributed by atoms with E-state index in [1.54, 1.807) is 25.1 Å². The van der Waals surface area contributed by atoms with Gasteiger partial charge in [-0.15, -0.1) is 0 Å².